The molecule has 1 aliphatic heterocycles. The summed E-state index contributed by atoms with van der Waals surface area (Å²) in [5.74, 6) is -0.984. The molecule has 0 aliphatic carbocycles. The highest BCUT2D eigenvalue weighted by Gasteiger charge is 2.32. The molecule has 172 valence electrons. The monoisotopic (exact) mass is 449 g/mol. The fourth-order valence-electron chi connectivity index (χ4n) is 3.79. The third-order valence-electron chi connectivity index (χ3n) is 5.37. The number of nitrogens with two attached hydrogens (primary N) is 1. The Balaban J connectivity index is 1.50. The highest BCUT2D eigenvalue weighted by molar-refractivity contribution is 5.90. The number of para-hydroxylation sites is 1. The number of alkyl halides is 3. The molecule has 0 radical (unpaired) electrons. The first-order valence-electron chi connectivity index (χ1n) is 10.4. The van der Waals surface area contributed by atoms with Gasteiger partial charge in [-0.05, 0) is 55.1 Å². The molecule has 0 aromatic heterocycles. The largest absolute Gasteiger partial charge is 0.573 e. The van der Waals surface area contributed by atoms with Crippen LogP contribution in [0, 0.1) is 5.92 Å². The Morgan fingerprint density at radius 3 is 2.53 bits per heavy atom. The summed E-state index contributed by atoms with van der Waals surface area (Å²) in [5.41, 5.74) is 7.39. The zero-order valence-electron chi connectivity index (χ0n) is 17.5. The number of amides is 2. The van der Waals surface area contributed by atoms with E-state index in [1.54, 1.807) is 18.2 Å². The van der Waals surface area contributed by atoms with Crippen molar-refractivity contribution in [3.05, 3.63) is 59.7 Å². The standard InChI is InChI=1S/C23H26F3N3O3/c24-23(25,26)32-20-6-2-1-4-17(20)9-12-21(30)28-19-10-7-16(8-11-19)14-29-13-3-5-18(15-29)22(27)31/h1-2,4,6-8,10-11,18H,3,5,9,12-15H2,(H2,27,31)(H,28,30). The normalized spacial score (nSPS) is 17.0. The number of halogens is 3. The quantitative estimate of drug-likeness (QED) is 0.641. The van der Waals surface area contributed by atoms with Gasteiger partial charge in [-0.2, -0.15) is 0 Å². The van der Waals surface area contributed by atoms with Crippen molar-refractivity contribution in [3.8, 4) is 5.75 Å². The van der Waals surface area contributed by atoms with Crippen molar-refractivity contribution in [2.24, 2.45) is 11.7 Å². The summed E-state index contributed by atoms with van der Waals surface area (Å²) in [6.07, 6.45) is -2.90. The van der Waals surface area contributed by atoms with Crippen LogP contribution in [0.15, 0.2) is 48.5 Å². The molecule has 2 amide bonds. The van der Waals surface area contributed by atoms with Gasteiger partial charge in [-0.25, -0.2) is 0 Å². The molecule has 1 atom stereocenters. The van der Waals surface area contributed by atoms with E-state index in [1.807, 2.05) is 12.1 Å². The Kier molecular flexibility index (Phi) is 7.74. The minimum atomic E-state index is -4.78. The van der Waals surface area contributed by atoms with Gasteiger partial charge in [-0.15, -0.1) is 13.2 Å². The van der Waals surface area contributed by atoms with Crippen LogP contribution in [0.2, 0.25) is 0 Å². The molecule has 32 heavy (non-hydrogen) atoms. The first-order chi connectivity index (χ1) is 15.2. The summed E-state index contributed by atoms with van der Waals surface area (Å²) in [7, 11) is 0. The second-order valence-corrected chi connectivity index (χ2v) is 7.88. The van der Waals surface area contributed by atoms with Crippen LogP contribution in [0.1, 0.15) is 30.4 Å². The van der Waals surface area contributed by atoms with Gasteiger partial charge in [0.15, 0.2) is 0 Å². The molecular weight excluding hydrogens is 423 g/mol. The fraction of sp³-hybridized carbons (Fsp3) is 0.391. The van der Waals surface area contributed by atoms with E-state index >= 15 is 0 Å². The highest BCUT2D eigenvalue weighted by Crippen LogP contribution is 2.27. The number of carbonyl (C=O) groups is 2. The Bertz CT molecular complexity index is 932. The van der Waals surface area contributed by atoms with E-state index in [0.717, 1.165) is 24.9 Å². The van der Waals surface area contributed by atoms with Crippen LogP contribution in [-0.4, -0.2) is 36.2 Å². The van der Waals surface area contributed by atoms with Crippen LogP contribution in [-0.2, 0) is 22.6 Å². The van der Waals surface area contributed by atoms with E-state index in [-0.39, 0.29) is 36.3 Å². The van der Waals surface area contributed by atoms with Crippen molar-refractivity contribution >= 4 is 17.5 Å². The number of rotatable bonds is 8. The first-order valence-corrected chi connectivity index (χ1v) is 10.4. The lowest BCUT2D eigenvalue weighted by Crippen LogP contribution is -2.40. The van der Waals surface area contributed by atoms with Crippen LogP contribution in [0.25, 0.3) is 0 Å². The molecule has 2 aromatic rings. The minimum absolute atomic E-state index is 0.0161. The molecule has 1 heterocycles. The average molecular weight is 449 g/mol. The van der Waals surface area contributed by atoms with Gasteiger partial charge in [-0.1, -0.05) is 30.3 Å². The summed E-state index contributed by atoms with van der Waals surface area (Å²) in [4.78, 5) is 25.9. The number of likely N-dealkylation sites (tertiary alicyclic amines) is 1. The Hall–Kier alpha value is -3.07. The third kappa shape index (κ3) is 7.26. The van der Waals surface area contributed by atoms with Gasteiger partial charge in [0, 0.05) is 25.2 Å². The van der Waals surface area contributed by atoms with Gasteiger partial charge in [0.2, 0.25) is 11.8 Å². The predicted molar refractivity (Wildman–Crippen MR) is 114 cm³/mol. The molecular formula is C23H26F3N3O3. The summed E-state index contributed by atoms with van der Waals surface area (Å²) < 4.78 is 41.6. The van der Waals surface area contributed by atoms with Crippen molar-refractivity contribution in [1.29, 1.82) is 0 Å². The number of ether oxygens (including phenoxy) is 1. The third-order valence-corrected chi connectivity index (χ3v) is 5.37. The molecule has 1 fully saturated rings. The van der Waals surface area contributed by atoms with Crippen LogP contribution >= 0.6 is 0 Å². The molecule has 1 saturated heterocycles. The topological polar surface area (TPSA) is 84.7 Å². The summed E-state index contributed by atoms with van der Waals surface area (Å²) in [5, 5.41) is 2.76. The number of hydrogen-bond donors (Lipinski definition) is 2. The Morgan fingerprint density at radius 1 is 1.12 bits per heavy atom. The SMILES string of the molecule is NC(=O)C1CCCN(Cc2ccc(NC(=O)CCc3ccccc3OC(F)(F)F)cc2)C1. The smallest absolute Gasteiger partial charge is 0.406 e. The Labute approximate surface area is 184 Å². The first kappa shape index (κ1) is 23.6. The number of carbonyl (C=O) groups excluding carboxylic acids is 2. The van der Waals surface area contributed by atoms with Gasteiger partial charge in [-0.3, -0.25) is 14.5 Å². The van der Waals surface area contributed by atoms with Crippen LogP contribution in [0.4, 0.5) is 18.9 Å². The van der Waals surface area contributed by atoms with Crippen LogP contribution in [0.5, 0.6) is 5.75 Å². The van der Waals surface area contributed by atoms with Gasteiger partial charge >= 0.3 is 6.36 Å². The van der Waals surface area contributed by atoms with E-state index in [0.29, 0.717) is 24.3 Å². The number of hydrogen-bond acceptors (Lipinski definition) is 4. The minimum Gasteiger partial charge on any atom is -0.406 e. The highest BCUT2D eigenvalue weighted by atomic mass is 19.4. The van der Waals surface area contributed by atoms with Crippen molar-refractivity contribution in [3.63, 3.8) is 0 Å². The van der Waals surface area contributed by atoms with Gasteiger partial charge < -0.3 is 15.8 Å². The lowest BCUT2D eigenvalue weighted by molar-refractivity contribution is -0.274. The van der Waals surface area contributed by atoms with Crippen molar-refractivity contribution in [2.75, 3.05) is 18.4 Å². The molecule has 6 nitrogen and oxygen atoms in total. The van der Waals surface area contributed by atoms with Crippen LogP contribution in [0.3, 0.4) is 0 Å². The summed E-state index contributed by atoms with van der Waals surface area (Å²) in [6, 6.07) is 13.1. The number of primary amides is 1. The van der Waals surface area contributed by atoms with Gasteiger partial charge in [0.1, 0.15) is 5.75 Å². The lowest BCUT2D eigenvalue weighted by Gasteiger charge is -2.31. The van der Waals surface area contributed by atoms with Crippen molar-refractivity contribution in [2.45, 2.75) is 38.6 Å². The average Bonchev–Trinajstić information content (AvgIpc) is 2.74. The van der Waals surface area contributed by atoms with E-state index in [1.165, 1.54) is 18.2 Å². The number of nitrogens with one attached hydrogen (secondary N) is 1. The number of nitrogens with zero attached hydrogens (tertiary/aromatic N) is 1. The van der Waals surface area contributed by atoms with Gasteiger partial charge in [0.25, 0.3) is 0 Å². The molecule has 2 aromatic carbocycles. The summed E-state index contributed by atoms with van der Waals surface area (Å²) >= 11 is 0. The molecule has 3 N–H and O–H groups in total. The number of piperidine rings is 1. The summed E-state index contributed by atoms with van der Waals surface area (Å²) in [6.45, 7) is 2.24. The number of aryl methyl sites for hydroxylation is 1. The van der Waals surface area contributed by atoms with E-state index in [9.17, 15) is 22.8 Å². The maximum Gasteiger partial charge on any atom is 0.573 e. The molecule has 9 heteroatoms. The molecule has 0 bridgehead atoms. The second kappa shape index (κ2) is 10.5. The molecule has 0 saturated carbocycles. The fourth-order valence-corrected chi connectivity index (χ4v) is 3.79. The second-order valence-electron chi connectivity index (χ2n) is 7.88. The van der Waals surface area contributed by atoms with Crippen molar-refractivity contribution in [1.82, 2.24) is 4.90 Å². The van der Waals surface area contributed by atoms with E-state index in [2.05, 4.69) is 15.0 Å². The van der Waals surface area contributed by atoms with Gasteiger partial charge in [0.05, 0.1) is 5.92 Å². The van der Waals surface area contributed by atoms with Crippen molar-refractivity contribution < 1.29 is 27.5 Å². The lowest BCUT2D eigenvalue weighted by atomic mass is 9.97. The van der Waals surface area contributed by atoms with E-state index < -0.39 is 6.36 Å². The number of benzene rings is 2. The Morgan fingerprint density at radius 2 is 1.84 bits per heavy atom. The zero-order chi connectivity index (χ0) is 23.1. The zero-order valence-corrected chi connectivity index (χ0v) is 17.5. The molecule has 0 spiro atoms. The number of anilines is 1. The maximum atomic E-state index is 12.5. The molecule has 1 aliphatic rings. The van der Waals surface area contributed by atoms with Crippen LogP contribution < -0.4 is 15.8 Å². The van der Waals surface area contributed by atoms with E-state index in [4.69, 9.17) is 5.73 Å². The molecule has 3 rings (SSSR count). The molecule has 1 unspecified atom stereocenters. The maximum absolute atomic E-state index is 12.5. The predicted octanol–water partition coefficient (Wildman–Crippen LogP) is 3.85.